The fourth-order valence-electron chi connectivity index (χ4n) is 4.22. The fourth-order valence-corrected chi connectivity index (χ4v) is 4.22. The van der Waals surface area contributed by atoms with Gasteiger partial charge < -0.3 is 15.2 Å². The van der Waals surface area contributed by atoms with Gasteiger partial charge in [-0.15, -0.1) is 0 Å². The molecular weight excluding hydrogens is 342 g/mol. The van der Waals surface area contributed by atoms with Gasteiger partial charge >= 0.3 is 12.1 Å². The predicted octanol–water partition coefficient (Wildman–Crippen LogP) is 4.17. The molecule has 5 nitrogen and oxygen atoms in total. The number of rotatable bonds is 6. The molecule has 0 saturated heterocycles. The lowest BCUT2D eigenvalue weighted by molar-refractivity contribution is -0.137. The molecule has 1 saturated carbocycles. The molecule has 0 radical (unpaired) electrons. The first-order valence-electron chi connectivity index (χ1n) is 9.45. The van der Waals surface area contributed by atoms with Crippen molar-refractivity contribution in [1.29, 1.82) is 0 Å². The number of nitrogens with one attached hydrogen (secondary N) is 1. The Morgan fingerprint density at radius 2 is 1.59 bits per heavy atom. The minimum absolute atomic E-state index is 0.0628. The highest BCUT2D eigenvalue weighted by Crippen LogP contribution is 2.44. The van der Waals surface area contributed by atoms with Crippen LogP contribution in [-0.4, -0.2) is 29.8 Å². The largest absolute Gasteiger partial charge is 0.481 e. The Morgan fingerprint density at radius 1 is 1.00 bits per heavy atom. The van der Waals surface area contributed by atoms with Crippen molar-refractivity contribution in [1.82, 2.24) is 5.32 Å². The number of carbonyl (C=O) groups excluding carboxylic acids is 1. The van der Waals surface area contributed by atoms with Crippen LogP contribution in [0.25, 0.3) is 11.1 Å². The van der Waals surface area contributed by atoms with E-state index in [2.05, 4.69) is 29.6 Å². The molecule has 0 aromatic heterocycles. The van der Waals surface area contributed by atoms with Crippen molar-refractivity contribution in [3.8, 4) is 11.1 Å². The number of hydrogen-bond acceptors (Lipinski definition) is 3. The van der Waals surface area contributed by atoms with E-state index in [4.69, 9.17) is 9.84 Å². The summed E-state index contributed by atoms with van der Waals surface area (Å²) in [5.74, 6) is -0.309. The molecule has 140 valence electrons. The second kappa shape index (κ2) is 7.43. The molecule has 2 aliphatic rings. The van der Waals surface area contributed by atoms with Gasteiger partial charge in [0, 0.05) is 18.4 Å². The second-order valence-corrected chi connectivity index (χ2v) is 7.44. The van der Waals surface area contributed by atoms with E-state index in [9.17, 15) is 9.59 Å². The molecular formula is C22H23NO4. The van der Waals surface area contributed by atoms with Gasteiger partial charge in [0.2, 0.25) is 0 Å². The lowest BCUT2D eigenvalue weighted by Crippen LogP contribution is -2.44. The Labute approximate surface area is 158 Å². The number of carboxylic acid groups (broad SMARTS) is 1. The lowest BCUT2D eigenvalue weighted by Gasteiger charge is -2.35. The summed E-state index contributed by atoms with van der Waals surface area (Å²) in [4.78, 5) is 22.8. The summed E-state index contributed by atoms with van der Waals surface area (Å²) < 4.78 is 5.54. The number of benzene rings is 2. The highest BCUT2D eigenvalue weighted by atomic mass is 16.5. The first kappa shape index (κ1) is 17.6. The standard InChI is InChI=1S/C22H23NO4/c24-21(25)10-9-14-11-15(12-14)23-22(26)27-13-20-18-7-3-1-5-16(18)17-6-2-4-8-19(17)20/h1-8,14-15,20H,9-13H2,(H,23,26)(H,24,25). The van der Waals surface area contributed by atoms with Crippen molar-refractivity contribution in [2.45, 2.75) is 37.6 Å². The zero-order valence-corrected chi connectivity index (χ0v) is 15.1. The van der Waals surface area contributed by atoms with Gasteiger partial charge in [-0.3, -0.25) is 4.79 Å². The molecule has 0 unspecified atom stereocenters. The maximum absolute atomic E-state index is 12.2. The molecule has 5 heteroatoms. The van der Waals surface area contributed by atoms with E-state index in [1.54, 1.807) is 0 Å². The number of carbonyl (C=O) groups is 2. The summed E-state index contributed by atoms with van der Waals surface area (Å²) in [6.07, 6.45) is 2.15. The van der Waals surface area contributed by atoms with Crippen LogP contribution >= 0.6 is 0 Å². The van der Waals surface area contributed by atoms with Crippen molar-refractivity contribution in [3.05, 3.63) is 59.7 Å². The first-order valence-corrected chi connectivity index (χ1v) is 9.45. The summed E-state index contributed by atoms with van der Waals surface area (Å²) in [6, 6.07) is 16.6. The van der Waals surface area contributed by atoms with Gasteiger partial charge in [-0.25, -0.2) is 4.79 Å². The van der Waals surface area contributed by atoms with Crippen LogP contribution in [0.3, 0.4) is 0 Å². The van der Waals surface area contributed by atoms with Crippen molar-refractivity contribution in [3.63, 3.8) is 0 Å². The van der Waals surface area contributed by atoms with E-state index in [0.717, 1.165) is 12.8 Å². The highest BCUT2D eigenvalue weighted by Gasteiger charge is 2.32. The number of hydrogen-bond donors (Lipinski definition) is 2. The summed E-state index contributed by atoms with van der Waals surface area (Å²) in [5, 5.41) is 11.6. The Kier molecular flexibility index (Phi) is 4.84. The summed E-state index contributed by atoms with van der Waals surface area (Å²) >= 11 is 0. The molecule has 0 bridgehead atoms. The van der Waals surface area contributed by atoms with Gasteiger partial charge in [0.25, 0.3) is 0 Å². The summed E-state index contributed by atoms with van der Waals surface area (Å²) in [6.45, 7) is 0.315. The van der Waals surface area contributed by atoms with E-state index in [0.29, 0.717) is 18.9 Å². The van der Waals surface area contributed by atoms with E-state index < -0.39 is 12.1 Å². The third kappa shape index (κ3) is 3.68. The van der Waals surface area contributed by atoms with Crippen molar-refractivity contribution in [2.75, 3.05) is 6.61 Å². The van der Waals surface area contributed by atoms with Gasteiger partial charge in [0.1, 0.15) is 6.61 Å². The quantitative estimate of drug-likeness (QED) is 0.806. The van der Waals surface area contributed by atoms with E-state index in [-0.39, 0.29) is 18.4 Å². The number of carboxylic acids is 1. The van der Waals surface area contributed by atoms with Crippen molar-refractivity contribution in [2.24, 2.45) is 5.92 Å². The van der Waals surface area contributed by atoms with Gasteiger partial charge in [-0.05, 0) is 47.4 Å². The Hall–Kier alpha value is -2.82. The molecule has 27 heavy (non-hydrogen) atoms. The number of alkyl carbamates (subject to hydrolysis) is 1. The minimum Gasteiger partial charge on any atom is -0.481 e. The third-order valence-electron chi connectivity index (χ3n) is 5.67. The second-order valence-electron chi connectivity index (χ2n) is 7.44. The molecule has 0 spiro atoms. The molecule has 1 amide bonds. The van der Waals surface area contributed by atoms with Gasteiger partial charge in [-0.2, -0.15) is 0 Å². The lowest BCUT2D eigenvalue weighted by atomic mass is 9.77. The van der Waals surface area contributed by atoms with Crippen molar-refractivity contribution >= 4 is 12.1 Å². The third-order valence-corrected chi connectivity index (χ3v) is 5.67. The normalized spacial score (nSPS) is 20.3. The van der Waals surface area contributed by atoms with Crippen LogP contribution in [0.4, 0.5) is 4.79 Å². The molecule has 4 rings (SSSR count). The van der Waals surface area contributed by atoms with Crippen LogP contribution in [0, 0.1) is 5.92 Å². The van der Waals surface area contributed by atoms with Crippen LogP contribution in [0.15, 0.2) is 48.5 Å². The minimum atomic E-state index is -0.761. The molecule has 0 atom stereocenters. The Bertz CT molecular complexity index is 811. The number of amides is 1. The molecule has 2 aromatic carbocycles. The van der Waals surface area contributed by atoms with Crippen LogP contribution in [-0.2, 0) is 9.53 Å². The first-order chi connectivity index (χ1) is 13.1. The molecule has 1 fully saturated rings. The van der Waals surface area contributed by atoms with Gasteiger partial charge in [0.15, 0.2) is 0 Å². The maximum Gasteiger partial charge on any atom is 0.407 e. The van der Waals surface area contributed by atoms with Crippen LogP contribution in [0.1, 0.15) is 42.7 Å². The smallest absolute Gasteiger partial charge is 0.407 e. The van der Waals surface area contributed by atoms with Crippen LogP contribution in [0.5, 0.6) is 0 Å². The zero-order chi connectivity index (χ0) is 18.8. The molecule has 2 aromatic rings. The average molecular weight is 365 g/mol. The SMILES string of the molecule is O=C(O)CCC1CC(NC(=O)OCC2c3ccccc3-c3ccccc32)C1. The predicted molar refractivity (Wildman–Crippen MR) is 102 cm³/mol. The monoisotopic (exact) mass is 365 g/mol. The summed E-state index contributed by atoms with van der Waals surface area (Å²) in [5.41, 5.74) is 4.82. The van der Waals surface area contributed by atoms with Gasteiger partial charge in [0.05, 0.1) is 0 Å². The Morgan fingerprint density at radius 3 is 2.19 bits per heavy atom. The summed E-state index contributed by atoms with van der Waals surface area (Å²) in [7, 11) is 0. The van der Waals surface area contributed by atoms with E-state index >= 15 is 0 Å². The average Bonchev–Trinajstić information content (AvgIpc) is 2.95. The number of ether oxygens (including phenoxy) is 1. The highest BCUT2D eigenvalue weighted by molar-refractivity contribution is 5.79. The van der Waals surface area contributed by atoms with Crippen molar-refractivity contribution < 1.29 is 19.4 Å². The maximum atomic E-state index is 12.2. The fraction of sp³-hybridized carbons (Fsp3) is 0.364. The topological polar surface area (TPSA) is 75.6 Å². The van der Waals surface area contributed by atoms with Gasteiger partial charge in [-0.1, -0.05) is 48.5 Å². The molecule has 2 aliphatic carbocycles. The number of fused-ring (bicyclic) bond motifs is 3. The molecule has 0 aliphatic heterocycles. The van der Waals surface area contributed by atoms with Crippen LogP contribution in [0.2, 0.25) is 0 Å². The van der Waals surface area contributed by atoms with E-state index in [1.165, 1.54) is 22.3 Å². The molecule has 0 heterocycles. The molecule has 2 N–H and O–H groups in total. The Balaban J connectivity index is 1.31. The zero-order valence-electron chi connectivity index (χ0n) is 15.1. The number of aliphatic carboxylic acids is 1. The van der Waals surface area contributed by atoms with Crippen LogP contribution < -0.4 is 5.32 Å². The van der Waals surface area contributed by atoms with E-state index in [1.807, 2.05) is 24.3 Å².